The first-order chi connectivity index (χ1) is 9.24. The number of nitrogens with zero attached hydrogens (tertiary/aromatic N) is 5. The normalized spacial score (nSPS) is 15.8. The van der Waals surface area contributed by atoms with Crippen molar-refractivity contribution in [1.82, 2.24) is 15.0 Å². The van der Waals surface area contributed by atoms with Crippen LogP contribution in [-0.4, -0.2) is 41.1 Å². The van der Waals surface area contributed by atoms with E-state index < -0.39 is 0 Å². The lowest BCUT2D eigenvalue weighted by Gasteiger charge is -2.35. The van der Waals surface area contributed by atoms with Crippen molar-refractivity contribution >= 4 is 39.6 Å². The highest BCUT2D eigenvalue weighted by molar-refractivity contribution is 7.13. The van der Waals surface area contributed by atoms with Gasteiger partial charge in [-0.2, -0.15) is 4.98 Å². The van der Waals surface area contributed by atoms with Gasteiger partial charge in [-0.05, 0) is 11.6 Å². The Hall–Kier alpha value is -1.60. The smallest absolute Gasteiger partial charge is 0.224 e. The number of hydrogen-bond acceptors (Lipinski definition) is 7. The molecule has 1 aliphatic rings. The molecular weight excluding hydrogens is 284 g/mol. The minimum absolute atomic E-state index is 0.228. The van der Waals surface area contributed by atoms with Gasteiger partial charge >= 0.3 is 0 Å². The average molecular weight is 297 g/mol. The summed E-state index contributed by atoms with van der Waals surface area (Å²) in [5.41, 5.74) is 6.46. The van der Waals surface area contributed by atoms with Gasteiger partial charge in [-0.15, -0.1) is 11.3 Å². The van der Waals surface area contributed by atoms with Crippen LogP contribution in [0.15, 0.2) is 17.8 Å². The number of thiazole rings is 1. The van der Waals surface area contributed by atoms with E-state index in [1.807, 2.05) is 11.6 Å². The summed E-state index contributed by atoms with van der Waals surface area (Å²) >= 11 is 7.48. The Balaban J connectivity index is 1.71. The van der Waals surface area contributed by atoms with Crippen molar-refractivity contribution in [2.45, 2.75) is 0 Å². The SMILES string of the molecule is Nc1cnc(Cl)nc1N1CCN(c2nccs2)CC1. The molecule has 0 aliphatic carbocycles. The summed E-state index contributed by atoms with van der Waals surface area (Å²) in [6, 6.07) is 0. The summed E-state index contributed by atoms with van der Waals surface area (Å²) in [7, 11) is 0. The Morgan fingerprint density at radius 2 is 1.89 bits per heavy atom. The maximum Gasteiger partial charge on any atom is 0.224 e. The number of nitrogens with two attached hydrogens (primary N) is 1. The topological polar surface area (TPSA) is 71.2 Å². The van der Waals surface area contributed by atoms with Gasteiger partial charge in [-0.25, -0.2) is 9.97 Å². The van der Waals surface area contributed by atoms with Gasteiger partial charge < -0.3 is 15.5 Å². The number of piperazine rings is 1. The molecule has 6 nitrogen and oxygen atoms in total. The molecule has 0 saturated carbocycles. The van der Waals surface area contributed by atoms with Crippen LogP contribution in [0, 0.1) is 0 Å². The summed E-state index contributed by atoms with van der Waals surface area (Å²) in [6.07, 6.45) is 3.38. The Morgan fingerprint density at radius 1 is 1.16 bits per heavy atom. The number of anilines is 3. The summed E-state index contributed by atoms with van der Waals surface area (Å²) < 4.78 is 0. The molecular formula is C11H13ClN6S. The van der Waals surface area contributed by atoms with E-state index in [0.29, 0.717) is 5.69 Å². The fourth-order valence-electron chi connectivity index (χ4n) is 2.10. The molecule has 0 spiro atoms. The number of aromatic nitrogens is 3. The molecule has 0 bridgehead atoms. The van der Waals surface area contributed by atoms with E-state index in [1.54, 1.807) is 17.5 Å². The van der Waals surface area contributed by atoms with E-state index in [4.69, 9.17) is 17.3 Å². The second kappa shape index (κ2) is 5.18. The monoisotopic (exact) mass is 296 g/mol. The first kappa shape index (κ1) is 12.4. The second-order valence-electron chi connectivity index (χ2n) is 4.21. The second-order valence-corrected chi connectivity index (χ2v) is 5.42. The predicted molar refractivity (Wildman–Crippen MR) is 78.0 cm³/mol. The lowest BCUT2D eigenvalue weighted by molar-refractivity contribution is 0.646. The van der Waals surface area contributed by atoms with Crippen molar-refractivity contribution in [2.24, 2.45) is 0 Å². The lowest BCUT2D eigenvalue weighted by Crippen LogP contribution is -2.47. The minimum Gasteiger partial charge on any atom is -0.394 e. The van der Waals surface area contributed by atoms with Gasteiger partial charge in [0.05, 0.1) is 11.9 Å². The van der Waals surface area contributed by atoms with Gasteiger partial charge in [-0.1, -0.05) is 0 Å². The quantitative estimate of drug-likeness (QED) is 0.847. The van der Waals surface area contributed by atoms with E-state index >= 15 is 0 Å². The highest BCUT2D eigenvalue weighted by atomic mass is 35.5. The zero-order valence-corrected chi connectivity index (χ0v) is 11.7. The van der Waals surface area contributed by atoms with Crippen LogP contribution >= 0.6 is 22.9 Å². The van der Waals surface area contributed by atoms with Gasteiger partial charge in [0.15, 0.2) is 10.9 Å². The fraction of sp³-hybridized carbons (Fsp3) is 0.364. The Kier molecular flexibility index (Phi) is 3.39. The first-order valence-electron chi connectivity index (χ1n) is 5.91. The summed E-state index contributed by atoms with van der Waals surface area (Å²) in [5.74, 6) is 0.721. The predicted octanol–water partition coefficient (Wildman–Crippen LogP) is 1.50. The molecule has 100 valence electrons. The van der Waals surface area contributed by atoms with E-state index in [1.165, 1.54) is 0 Å². The van der Waals surface area contributed by atoms with Crippen molar-refractivity contribution in [1.29, 1.82) is 0 Å². The molecule has 2 N–H and O–H groups in total. The molecule has 0 aromatic carbocycles. The van der Waals surface area contributed by atoms with E-state index in [2.05, 4.69) is 24.8 Å². The number of nitrogen functional groups attached to an aromatic ring is 1. The van der Waals surface area contributed by atoms with Crippen molar-refractivity contribution in [3.8, 4) is 0 Å². The minimum atomic E-state index is 0.228. The molecule has 2 aromatic heterocycles. The van der Waals surface area contributed by atoms with Crippen LogP contribution in [0.5, 0.6) is 0 Å². The van der Waals surface area contributed by atoms with E-state index in [-0.39, 0.29) is 5.28 Å². The average Bonchev–Trinajstić information content (AvgIpc) is 2.96. The molecule has 1 aliphatic heterocycles. The molecule has 0 atom stereocenters. The van der Waals surface area contributed by atoms with Crippen LogP contribution < -0.4 is 15.5 Å². The Labute approximate surface area is 119 Å². The maximum absolute atomic E-state index is 5.90. The molecule has 3 heterocycles. The molecule has 1 saturated heterocycles. The molecule has 0 amide bonds. The third-order valence-electron chi connectivity index (χ3n) is 3.04. The van der Waals surface area contributed by atoms with Crippen molar-refractivity contribution < 1.29 is 0 Å². The molecule has 2 aromatic rings. The van der Waals surface area contributed by atoms with Crippen LogP contribution in [0.25, 0.3) is 0 Å². The van der Waals surface area contributed by atoms with Gasteiger partial charge in [-0.3, -0.25) is 0 Å². The standard InChI is InChI=1S/C11H13ClN6S/c12-10-15-7-8(13)9(16-10)17-2-4-18(5-3-17)11-14-1-6-19-11/h1,6-7H,2-5,13H2. The van der Waals surface area contributed by atoms with Gasteiger partial charge in [0.1, 0.15) is 0 Å². The lowest BCUT2D eigenvalue weighted by atomic mass is 10.3. The number of hydrogen-bond donors (Lipinski definition) is 1. The van der Waals surface area contributed by atoms with Crippen LogP contribution in [0.1, 0.15) is 0 Å². The zero-order valence-electron chi connectivity index (χ0n) is 10.2. The molecule has 3 rings (SSSR count). The molecule has 1 fully saturated rings. The summed E-state index contributed by atoms with van der Waals surface area (Å²) in [5, 5.41) is 3.28. The number of rotatable bonds is 2. The first-order valence-corrected chi connectivity index (χ1v) is 7.17. The molecule has 0 unspecified atom stereocenters. The summed E-state index contributed by atoms with van der Waals surface area (Å²) in [6.45, 7) is 3.48. The number of halogens is 1. The van der Waals surface area contributed by atoms with E-state index in [9.17, 15) is 0 Å². The molecule has 8 heteroatoms. The Morgan fingerprint density at radius 3 is 2.58 bits per heavy atom. The van der Waals surface area contributed by atoms with Gasteiger partial charge in [0.2, 0.25) is 5.28 Å². The van der Waals surface area contributed by atoms with Gasteiger partial charge in [0, 0.05) is 37.8 Å². The van der Waals surface area contributed by atoms with Gasteiger partial charge in [0.25, 0.3) is 0 Å². The largest absolute Gasteiger partial charge is 0.394 e. The van der Waals surface area contributed by atoms with E-state index in [0.717, 1.165) is 37.1 Å². The third kappa shape index (κ3) is 2.57. The molecule has 19 heavy (non-hydrogen) atoms. The van der Waals surface area contributed by atoms with Crippen LogP contribution in [0.2, 0.25) is 5.28 Å². The van der Waals surface area contributed by atoms with Crippen LogP contribution in [-0.2, 0) is 0 Å². The fourth-order valence-corrected chi connectivity index (χ4v) is 2.92. The third-order valence-corrected chi connectivity index (χ3v) is 4.05. The van der Waals surface area contributed by atoms with Crippen LogP contribution in [0.3, 0.4) is 0 Å². The van der Waals surface area contributed by atoms with Crippen molar-refractivity contribution in [3.05, 3.63) is 23.1 Å². The van der Waals surface area contributed by atoms with Crippen molar-refractivity contribution in [2.75, 3.05) is 41.7 Å². The molecule has 0 radical (unpaired) electrons. The maximum atomic E-state index is 5.90. The zero-order chi connectivity index (χ0) is 13.2. The van der Waals surface area contributed by atoms with Crippen molar-refractivity contribution in [3.63, 3.8) is 0 Å². The highest BCUT2D eigenvalue weighted by Crippen LogP contribution is 2.24. The summed E-state index contributed by atoms with van der Waals surface area (Å²) in [4.78, 5) is 16.8. The Bertz CT molecular complexity index is 552. The highest BCUT2D eigenvalue weighted by Gasteiger charge is 2.21. The van der Waals surface area contributed by atoms with Crippen LogP contribution in [0.4, 0.5) is 16.6 Å².